The molecular weight excluding hydrogens is 326 g/mol. The lowest BCUT2D eigenvalue weighted by Crippen LogP contribution is -2.55. The van der Waals surface area contributed by atoms with Crippen LogP contribution in [-0.2, 0) is 14.4 Å². The Labute approximate surface area is 148 Å². The molecule has 0 unspecified atom stereocenters. The quantitative estimate of drug-likeness (QED) is 0.132. The van der Waals surface area contributed by atoms with Crippen LogP contribution in [0.25, 0.3) is 0 Å². The normalized spacial score (nSPS) is 19.5. The van der Waals surface area contributed by atoms with Crippen LogP contribution in [0.1, 0.15) is 38.5 Å². The van der Waals surface area contributed by atoms with Crippen molar-refractivity contribution in [1.82, 2.24) is 15.6 Å². The average molecular weight is 357 g/mol. The maximum atomic E-state index is 12.8. The highest BCUT2D eigenvalue weighted by Gasteiger charge is 2.36. The van der Waals surface area contributed by atoms with E-state index in [4.69, 9.17) is 23.0 Å². The van der Waals surface area contributed by atoms with E-state index in [1.54, 1.807) is 0 Å². The van der Waals surface area contributed by atoms with Gasteiger partial charge in [0.25, 0.3) is 0 Å². The number of hydrogen-bond acceptors (Lipinski definition) is 7. The molecular formula is C15H31N7O3. The second kappa shape index (κ2) is 11.0. The third-order valence-corrected chi connectivity index (χ3v) is 4.35. The fraction of sp³-hybridized carbons (Fsp3) is 0.800. The summed E-state index contributed by atoms with van der Waals surface area (Å²) in [5.74, 6) is 4.02. The van der Waals surface area contributed by atoms with Gasteiger partial charge in [0.1, 0.15) is 12.1 Å². The average Bonchev–Trinajstić information content (AvgIpc) is 3.08. The van der Waals surface area contributed by atoms with Gasteiger partial charge in [-0.05, 0) is 45.1 Å². The van der Waals surface area contributed by atoms with Crippen molar-refractivity contribution < 1.29 is 14.4 Å². The molecule has 3 amide bonds. The number of amides is 3. The van der Waals surface area contributed by atoms with Gasteiger partial charge < -0.3 is 27.4 Å². The molecule has 0 aliphatic carbocycles. The predicted octanol–water partition coefficient (Wildman–Crippen LogP) is -2.74. The van der Waals surface area contributed by atoms with E-state index < -0.39 is 29.9 Å². The summed E-state index contributed by atoms with van der Waals surface area (Å²) in [7, 11) is 0. The van der Waals surface area contributed by atoms with Gasteiger partial charge >= 0.3 is 0 Å². The van der Waals surface area contributed by atoms with Crippen LogP contribution in [0.15, 0.2) is 0 Å². The summed E-state index contributed by atoms with van der Waals surface area (Å²) >= 11 is 0. The fourth-order valence-electron chi connectivity index (χ4n) is 2.94. The van der Waals surface area contributed by atoms with Gasteiger partial charge in [-0.25, -0.2) is 0 Å². The van der Waals surface area contributed by atoms with Gasteiger partial charge in [0.05, 0.1) is 6.04 Å². The van der Waals surface area contributed by atoms with Gasteiger partial charge in [-0.1, -0.05) is 0 Å². The summed E-state index contributed by atoms with van der Waals surface area (Å²) in [5, 5.41) is 2.70. The van der Waals surface area contributed by atoms with Crippen LogP contribution in [-0.4, -0.2) is 60.4 Å². The minimum absolute atomic E-state index is 0.308. The van der Waals surface area contributed by atoms with E-state index in [0.29, 0.717) is 58.2 Å². The third kappa shape index (κ3) is 6.58. The van der Waals surface area contributed by atoms with Crippen molar-refractivity contribution in [2.45, 2.75) is 56.7 Å². The predicted molar refractivity (Wildman–Crippen MR) is 93.5 cm³/mol. The highest BCUT2D eigenvalue weighted by Crippen LogP contribution is 2.19. The van der Waals surface area contributed by atoms with E-state index >= 15 is 0 Å². The first-order valence-corrected chi connectivity index (χ1v) is 8.71. The minimum atomic E-state index is -0.760. The highest BCUT2D eigenvalue weighted by atomic mass is 16.2. The van der Waals surface area contributed by atoms with Crippen molar-refractivity contribution >= 4 is 17.7 Å². The summed E-state index contributed by atoms with van der Waals surface area (Å²) in [5.41, 5.74) is 19.1. The lowest BCUT2D eigenvalue weighted by atomic mass is 10.1. The molecule has 0 radical (unpaired) electrons. The van der Waals surface area contributed by atoms with Crippen LogP contribution in [0, 0.1) is 0 Å². The summed E-state index contributed by atoms with van der Waals surface area (Å²) in [6, 6.07) is -2.10. The van der Waals surface area contributed by atoms with Crippen molar-refractivity contribution in [3.63, 3.8) is 0 Å². The molecule has 0 spiro atoms. The van der Waals surface area contributed by atoms with Crippen molar-refractivity contribution in [2.75, 3.05) is 19.6 Å². The maximum Gasteiger partial charge on any atom is 0.245 e. The Morgan fingerprint density at radius 2 is 1.92 bits per heavy atom. The minimum Gasteiger partial charge on any atom is -0.368 e. The molecule has 3 atom stereocenters. The molecule has 10 heteroatoms. The first-order valence-electron chi connectivity index (χ1n) is 8.71. The van der Waals surface area contributed by atoms with Crippen molar-refractivity contribution in [3.05, 3.63) is 0 Å². The maximum absolute atomic E-state index is 12.8. The van der Waals surface area contributed by atoms with E-state index in [1.165, 1.54) is 4.90 Å². The van der Waals surface area contributed by atoms with Gasteiger partial charge in [-0.15, -0.1) is 0 Å². The molecule has 1 heterocycles. The number of carbonyl (C=O) groups excluding carboxylic acids is 3. The lowest BCUT2D eigenvalue weighted by molar-refractivity contribution is -0.141. The zero-order valence-corrected chi connectivity index (χ0v) is 14.6. The Bertz CT molecular complexity index is 460. The van der Waals surface area contributed by atoms with Crippen molar-refractivity contribution in [2.24, 2.45) is 23.0 Å². The standard InChI is InChI=1S/C15H31N7O3/c16-7-1-4-10(17)14(24)21-11(5-2-8-20-19)15(25)22-9-3-6-12(22)13(18)23/h10-12,20H,1-9,16-17,19H2,(H2,18,23)(H,21,24)/t10-,11-,12+/m1/s1. The van der Waals surface area contributed by atoms with Gasteiger partial charge in [0, 0.05) is 13.1 Å². The number of hydrazine groups is 1. The number of nitrogens with two attached hydrogens (primary N) is 4. The van der Waals surface area contributed by atoms with Crippen LogP contribution >= 0.6 is 0 Å². The SMILES string of the molecule is NCCC[C@@H](N)C(=O)N[C@H](CCCNN)C(=O)N1CCC[C@H]1C(N)=O. The monoisotopic (exact) mass is 357 g/mol. The molecule has 1 fully saturated rings. The number of hydrogen-bond donors (Lipinski definition) is 6. The van der Waals surface area contributed by atoms with Crippen molar-refractivity contribution in [3.8, 4) is 0 Å². The third-order valence-electron chi connectivity index (χ3n) is 4.35. The molecule has 25 heavy (non-hydrogen) atoms. The van der Waals surface area contributed by atoms with Crippen LogP contribution in [0.3, 0.4) is 0 Å². The highest BCUT2D eigenvalue weighted by molar-refractivity contribution is 5.93. The van der Waals surface area contributed by atoms with Gasteiger partial charge in [0.2, 0.25) is 17.7 Å². The number of carbonyl (C=O) groups is 3. The summed E-state index contributed by atoms with van der Waals surface area (Å²) in [6.07, 6.45) is 3.30. The second-order valence-electron chi connectivity index (χ2n) is 6.29. The number of nitrogens with one attached hydrogen (secondary N) is 2. The molecule has 1 rings (SSSR count). The van der Waals surface area contributed by atoms with Crippen LogP contribution in [0.4, 0.5) is 0 Å². The molecule has 10 N–H and O–H groups in total. The fourth-order valence-corrected chi connectivity index (χ4v) is 2.94. The van der Waals surface area contributed by atoms with Gasteiger partial charge in [0.15, 0.2) is 0 Å². The molecule has 1 saturated heterocycles. The summed E-state index contributed by atoms with van der Waals surface area (Å²) in [6.45, 7) is 1.39. The Morgan fingerprint density at radius 1 is 1.20 bits per heavy atom. The molecule has 0 aromatic rings. The Balaban J connectivity index is 2.75. The molecule has 0 aromatic carbocycles. The van der Waals surface area contributed by atoms with Crippen molar-refractivity contribution in [1.29, 1.82) is 0 Å². The van der Waals surface area contributed by atoms with Gasteiger partial charge in [-0.2, -0.15) is 0 Å². The lowest BCUT2D eigenvalue weighted by Gasteiger charge is -2.28. The number of primary amides is 1. The Kier molecular flexibility index (Phi) is 9.35. The van der Waals surface area contributed by atoms with E-state index in [9.17, 15) is 14.4 Å². The molecule has 10 nitrogen and oxygen atoms in total. The zero-order chi connectivity index (χ0) is 18.8. The molecule has 1 aliphatic heterocycles. The number of nitrogens with zero attached hydrogens (tertiary/aromatic N) is 1. The molecule has 0 bridgehead atoms. The Morgan fingerprint density at radius 3 is 2.52 bits per heavy atom. The second-order valence-corrected chi connectivity index (χ2v) is 6.29. The van der Waals surface area contributed by atoms with E-state index in [0.717, 1.165) is 0 Å². The number of likely N-dealkylation sites (tertiary alicyclic amines) is 1. The molecule has 0 saturated carbocycles. The van der Waals surface area contributed by atoms with Crippen LogP contribution in [0.5, 0.6) is 0 Å². The summed E-state index contributed by atoms with van der Waals surface area (Å²) in [4.78, 5) is 38.0. The number of rotatable bonds is 11. The Hall–Kier alpha value is -1.75. The van der Waals surface area contributed by atoms with Crippen LogP contribution in [0.2, 0.25) is 0 Å². The first-order chi connectivity index (χ1) is 11.9. The molecule has 144 valence electrons. The topological polar surface area (TPSA) is 183 Å². The molecule has 1 aliphatic rings. The van der Waals surface area contributed by atoms with E-state index in [-0.39, 0.29) is 5.91 Å². The molecule has 0 aromatic heterocycles. The first kappa shape index (κ1) is 21.3. The zero-order valence-electron chi connectivity index (χ0n) is 14.6. The largest absolute Gasteiger partial charge is 0.368 e. The van der Waals surface area contributed by atoms with E-state index in [1.807, 2.05) is 0 Å². The van der Waals surface area contributed by atoms with Gasteiger partial charge in [-0.3, -0.25) is 25.7 Å². The summed E-state index contributed by atoms with van der Waals surface area (Å²) < 4.78 is 0. The smallest absolute Gasteiger partial charge is 0.245 e. The van der Waals surface area contributed by atoms with E-state index in [2.05, 4.69) is 10.7 Å². The van der Waals surface area contributed by atoms with Crippen LogP contribution < -0.4 is 33.8 Å².